The maximum atomic E-state index is 6.87. The molecule has 4 nitrogen and oxygen atoms in total. The first-order chi connectivity index (χ1) is 13.5. The molecule has 2 unspecified atom stereocenters. The van der Waals surface area contributed by atoms with Crippen LogP contribution >= 0.6 is 0 Å². The van der Waals surface area contributed by atoms with Crippen LogP contribution in [0.4, 0.5) is 0 Å². The number of hydrogen-bond donors (Lipinski definition) is 0. The van der Waals surface area contributed by atoms with Gasteiger partial charge in [-0.1, -0.05) is 18.2 Å². The Morgan fingerprint density at radius 2 is 1.83 bits per heavy atom. The first-order valence-electron chi connectivity index (χ1n) is 11.1. The molecule has 2 heterocycles. The second kappa shape index (κ2) is 6.22. The Balaban J connectivity index is 1.68. The lowest BCUT2D eigenvalue weighted by molar-refractivity contribution is -0.0401. The van der Waals surface area contributed by atoms with Gasteiger partial charge in [0, 0.05) is 22.9 Å². The van der Waals surface area contributed by atoms with Crippen LogP contribution in [0.1, 0.15) is 17.5 Å². The quantitative estimate of drug-likeness (QED) is 0.518. The molecule has 1 spiro atoms. The molecule has 0 N–H and O–H groups in total. The van der Waals surface area contributed by atoms with Gasteiger partial charge in [-0.15, -0.1) is 0 Å². The van der Waals surface area contributed by atoms with Crippen LogP contribution in [0.15, 0.2) is 24.3 Å². The minimum atomic E-state index is -1.73. The van der Waals surface area contributed by atoms with Crippen LogP contribution in [0.3, 0.4) is 0 Å². The van der Waals surface area contributed by atoms with Crippen LogP contribution in [0.5, 0.6) is 11.5 Å². The zero-order chi connectivity index (χ0) is 20.8. The Bertz CT molecular complexity index is 872. The minimum Gasteiger partial charge on any atom is -0.542 e. The molecule has 0 amide bonds. The largest absolute Gasteiger partial charge is 0.542 e. The van der Waals surface area contributed by atoms with Crippen molar-refractivity contribution in [1.29, 1.82) is 0 Å². The van der Waals surface area contributed by atoms with Gasteiger partial charge in [0.05, 0.1) is 0 Å². The van der Waals surface area contributed by atoms with Gasteiger partial charge in [0.15, 0.2) is 14.1 Å². The van der Waals surface area contributed by atoms with Crippen LogP contribution in [-0.4, -0.2) is 53.4 Å². The minimum absolute atomic E-state index is 0.0258. The fraction of sp³-hybridized carbons (Fsp3) is 0.652. The molecular formula is C23H35NO3Si2. The fourth-order valence-corrected chi connectivity index (χ4v) is 7.97. The molecule has 2 aliphatic carbocycles. The van der Waals surface area contributed by atoms with Crippen molar-refractivity contribution in [1.82, 2.24) is 4.90 Å². The zero-order valence-electron chi connectivity index (χ0n) is 18.9. The highest BCUT2D eigenvalue weighted by molar-refractivity contribution is 6.70. The predicted octanol–water partition coefficient (Wildman–Crippen LogP) is 4.57. The summed E-state index contributed by atoms with van der Waals surface area (Å²) < 4.78 is 20.1. The van der Waals surface area contributed by atoms with E-state index in [9.17, 15) is 0 Å². The van der Waals surface area contributed by atoms with E-state index in [2.05, 4.69) is 75.5 Å². The molecule has 158 valence electrons. The molecule has 1 saturated heterocycles. The highest BCUT2D eigenvalue weighted by Gasteiger charge is 2.64. The van der Waals surface area contributed by atoms with Gasteiger partial charge in [0.1, 0.15) is 18.0 Å². The summed E-state index contributed by atoms with van der Waals surface area (Å²) in [6.45, 7) is 14.7. The highest BCUT2D eigenvalue weighted by Crippen LogP contribution is 2.63. The molecule has 4 aliphatic rings. The van der Waals surface area contributed by atoms with Crippen molar-refractivity contribution in [2.75, 3.05) is 13.6 Å². The molecule has 5 rings (SSSR count). The second-order valence-electron chi connectivity index (χ2n) is 11.3. The average molecular weight is 430 g/mol. The van der Waals surface area contributed by atoms with Crippen molar-refractivity contribution in [3.8, 4) is 11.5 Å². The summed E-state index contributed by atoms with van der Waals surface area (Å²) in [5.41, 5.74) is 2.93. The Morgan fingerprint density at radius 1 is 1.07 bits per heavy atom. The van der Waals surface area contributed by atoms with Crippen molar-refractivity contribution >= 4 is 16.6 Å². The van der Waals surface area contributed by atoms with Gasteiger partial charge < -0.3 is 18.5 Å². The lowest BCUT2D eigenvalue weighted by Gasteiger charge is -2.57. The normalized spacial score (nSPS) is 35.3. The predicted molar refractivity (Wildman–Crippen MR) is 122 cm³/mol. The third kappa shape index (κ3) is 2.98. The number of likely N-dealkylation sites (N-methyl/N-ethyl adjacent to an activating group) is 1. The molecule has 0 aromatic heterocycles. The SMILES string of the molecule is CN1CC[C@]23c4c5ccc(O[Si](C)(C)C)c4OC2C(O[Si](C)(C)C)C=C[C@H]3[C@H]1C5. The molecule has 2 aliphatic heterocycles. The number of hydrogen-bond acceptors (Lipinski definition) is 4. The van der Waals surface area contributed by atoms with Crippen LogP contribution < -0.4 is 9.16 Å². The van der Waals surface area contributed by atoms with E-state index < -0.39 is 16.6 Å². The molecule has 2 bridgehead atoms. The molecule has 1 fully saturated rings. The summed E-state index contributed by atoms with van der Waals surface area (Å²) in [6.07, 6.45) is 7.09. The van der Waals surface area contributed by atoms with E-state index in [0.29, 0.717) is 12.0 Å². The van der Waals surface area contributed by atoms with Crippen LogP contribution in [0.2, 0.25) is 39.3 Å². The summed E-state index contributed by atoms with van der Waals surface area (Å²) in [4.78, 5) is 2.56. The van der Waals surface area contributed by atoms with Gasteiger partial charge in [-0.05, 0) is 77.3 Å². The van der Waals surface area contributed by atoms with E-state index >= 15 is 0 Å². The van der Waals surface area contributed by atoms with Crippen molar-refractivity contribution in [2.45, 2.75) is 75.8 Å². The van der Waals surface area contributed by atoms with Crippen LogP contribution in [0.25, 0.3) is 0 Å². The maximum absolute atomic E-state index is 6.87. The monoisotopic (exact) mass is 429 g/mol. The van der Waals surface area contributed by atoms with E-state index in [-0.39, 0.29) is 17.6 Å². The summed E-state index contributed by atoms with van der Waals surface area (Å²) >= 11 is 0. The van der Waals surface area contributed by atoms with E-state index in [1.165, 1.54) is 11.1 Å². The lowest BCUT2D eigenvalue weighted by atomic mass is 9.53. The molecule has 29 heavy (non-hydrogen) atoms. The Labute approximate surface area is 177 Å². The standard InChI is InChI=1S/C23H35NO3Si2/c1-24-13-12-23-16-9-11-19(27-29(5,6)7)22(23)25-21-18(26-28(2,3)4)10-8-15(20(21)23)14-17(16)24/h8-11,16-17,19,22H,12-14H2,1-7H3/t16-,17+,19?,22?,23-/m0/s1. The first kappa shape index (κ1) is 19.9. The van der Waals surface area contributed by atoms with Gasteiger partial charge in [0.25, 0.3) is 0 Å². The Kier molecular flexibility index (Phi) is 4.26. The van der Waals surface area contributed by atoms with Crippen LogP contribution in [0, 0.1) is 5.92 Å². The fourth-order valence-electron chi connectivity index (χ4n) is 6.13. The number of piperidine rings is 1. The van der Waals surface area contributed by atoms with Crippen molar-refractivity contribution in [2.24, 2.45) is 5.92 Å². The van der Waals surface area contributed by atoms with Crippen molar-refractivity contribution in [3.63, 3.8) is 0 Å². The van der Waals surface area contributed by atoms with E-state index in [4.69, 9.17) is 13.6 Å². The topological polar surface area (TPSA) is 30.9 Å². The lowest BCUT2D eigenvalue weighted by Crippen LogP contribution is -2.65. The number of rotatable bonds is 4. The summed E-state index contributed by atoms with van der Waals surface area (Å²) in [5.74, 6) is 2.47. The van der Waals surface area contributed by atoms with Gasteiger partial charge in [0.2, 0.25) is 8.32 Å². The van der Waals surface area contributed by atoms with E-state index in [0.717, 1.165) is 30.9 Å². The molecule has 0 radical (unpaired) electrons. The number of likely N-dealkylation sites (tertiary alicyclic amines) is 1. The van der Waals surface area contributed by atoms with Crippen LogP contribution in [-0.2, 0) is 16.3 Å². The molecule has 1 aromatic carbocycles. The highest BCUT2D eigenvalue weighted by atomic mass is 28.4. The van der Waals surface area contributed by atoms with E-state index in [1.54, 1.807) is 0 Å². The zero-order valence-corrected chi connectivity index (χ0v) is 20.9. The van der Waals surface area contributed by atoms with Crippen molar-refractivity contribution in [3.05, 3.63) is 35.4 Å². The van der Waals surface area contributed by atoms with Gasteiger partial charge in [-0.2, -0.15) is 0 Å². The molecule has 0 saturated carbocycles. The number of benzene rings is 1. The van der Waals surface area contributed by atoms with Gasteiger partial charge >= 0.3 is 0 Å². The Morgan fingerprint density at radius 3 is 2.52 bits per heavy atom. The molecule has 5 atom stereocenters. The summed E-state index contributed by atoms with van der Waals surface area (Å²) in [5, 5.41) is 0. The van der Waals surface area contributed by atoms with E-state index in [1.807, 2.05) is 0 Å². The summed E-state index contributed by atoms with van der Waals surface area (Å²) in [7, 11) is -1.15. The second-order valence-corrected chi connectivity index (χ2v) is 20.2. The third-order valence-corrected chi connectivity index (χ3v) is 8.83. The van der Waals surface area contributed by atoms with Crippen molar-refractivity contribution < 1.29 is 13.6 Å². The van der Waals surface area contributed by atoms with Gasteiger partial charge in [-0.25, -0.2) is 0 Å². The third-order valence-electron chi connectivity index (χ3n) is 7.02. The first-order valence-corrected chi connectivity index (χ1v) is 17.9. The summed E-state index contributed by atoms with van der Waals surface area (Å²) in [6, 6.07) is 5.02. The maximum Gasteiger partial charge on any atom is 0.242 e. The molecule has 6 heteroatoms. The molecule has 1 aromatic rings. The number of nitrogens with zero attached hydrogens (tertiary/aromatic N) is 1. The smallest absolute Gasteiger partial charge is 0.242 e. The number of ether oxygens (including phenoxy) is 1. The van der Waals surface area contributed by atoms with Gasteiger partial charge in [-0.3, -0.25) is 0 Å². The Hall–Kier alpha value is -1.09. The average Bonchev–Trinajstić information content (AvgIpc) is 2.94. The molecular weight excluding hydrogens is 394 g/mol.